The summed E-state index contributed by atoms with van der Waals surface area (Å²) in [6, 6.07) is 7.02. The molecule has 3 fully saturated rings. The summed E-state index contributed by atoms with van der Waals surface area (Å²) in [5, 5.41) is 3.33. The third kappa shape index (κ3) is 5.68. The van der Waals surface area contributed by atoms with Crippen molar-refractivity contribution in [3.05, 3.63) is 40.6 Å². The monoisotopic (exact) mass is 560 g/mol. The number of rotatable bonds is 7. The van der Waals surface area contributed by atoms with Crippen LogP contribution in [0.2, 0.25) is 0 Å². The van der Waals surface area contributed by atoms with E-state index >= 15 is 0 Å². The lowest BCUT2D eigenvalue weighted by Crippen LogP contribution is -2.39. The molecule has 3 aliphatic carbocycles. The van der Waals surface area contributed by atoms with Gasteiger partial charge in [0.05, 0.1) is 12.2 Å². The summed E-state index contributed by atoms with van der Waals surface area (Å²) in [5.74, 6) is 1.77. The molecule has 6 heteroatoms. The number of benzene rings is 1. The van der Waals surface area contributed by atoms with E-state index in [9.17, 15) is 9.59 Å². The number of amides is 1. The Morgan fingerprint density at radius 1 is 1.05 bits per heavy atom. The molecule has 1 aromatic carbocycles. The lowest BCUT2D eigenvalue weighted by molar-refractivity contribution is -0.135. The lowest BCUT2D eigenvalue weighted by Gasteiger charge is -2.33. The molecule has 0 bridgehead atoms. The molecule has 0 unspecified atom stereocenters. The average molecular weight is 561 g/mol. The maximum Gasteiger partial charge on any atom is 0.293 e. The maximum atomic E-state index is 13.8. The molecule has 1 aromatic heterocycles. The van der Waals surface area contributed by atoms with Gasteiger partial charge in [0.1, 0.15) is 11.9 Å². The summed E-state index contributed by atoms with van der Waals surface area (Å²) in [6.45, 7) is 11.3. The van der Waals surface area contributed by atoms with Crippen molar-refractivity contribution >= 4 is 12.4 Å². The van der Waals surface area contributed by atoms with E-state index in [2.05, 4.69) is 55.8 Å². The van der Waals surface area contributed by atoms with Gasteiger partial charge in [0, 0.05) is 40.5 Å². The van der Waals surface area contributed by atoms with Gasteiger partial charge in [0.2, 0.25) is 0 Å². The van der Waals surface area contributed by atoms with E-state index in [1.807, 2.05) is 0 Å². The number of fused-ring (bicyclic) bond motifs is 2. The molecule has 6 rings (SSSR count). The van der Waals surface area contributed by atoms with Gasteiger partial charge in [0.25, 0.3) is 12.4 Å². The average Bonchev–Trinajstić information content (AvgIpc) is 3.65. The van der Waals surface area contributed by atoms with Crippen LogP contribution in [0.5, 0.6) is 5.75 Å². The Balaban J connectivity index is 1.37. The largest absolute Gasteiger partial charge is 0.493 e. The zero-order valence-corrected chi connectivity index (χ0v) is 25.5. The number of hydrogen-bond acceptors (Lipinski definition) is 4. The molecule has 2 aromatic rings. The Kier molecular flexibility index (Phi) is 7.71. The standard InChI is InChI=1S/C35H48N2O4/c1-23-28(33(39)36-26-10-12-27(13-11-26)41-22-38)20-31(37(23)21-24-8-6-5-7-9-24)25-18-29(34(2,3)4)32-30(19-25)35(14-15-35)16-17-40-32/h18-20,22,24,26-27H,5-17,21H2,1-4H3,(H,36,39)/t26-,27-. The Morgan fingerprint density at radius 3 is 2.44 bits per heavy atom. The third-order valence-electron chi connectivity index (χ3n) is 10.5. The van der Waals surface area contributed by atoms with Crippen molar-refractivity contribution in [2.45, 2.75) is 134 Å². The molecule has 41 heavy (non-hydrogen) atoms. The molecule has 222 valence electrons. The highest BCUT2D eigenvalue weighted by atomic mass is 16.5. The molecular formula is C35H48N2O4. The number of hydrogen-bond donors (Lipinski definition) is 1. The van der Waals surface area contributed by atoms with Gasteiger partial charge in [0.15, 0.2) is 0 Å². The van der Waals surface area contributed by atoms with Crippen molar-refractivity contribution < 1.29 is 19.1 Å². The second-order valence-corrected chi connectivity index (χ2v) is 14.4. The van der Waals surface area contributed by atoms with E-state index in [1.165, 1.54) is 61.6 Å². The molecule has 1 N–H and O–H groups in total. The highest BCUT2D eigenvalue weighted by Gasteiger charge is 2.49. The topological polar surface area (TPSA) is 69.6 Å². The molecular weight excluding hydrogens is 512 g/mol. The van der Waals surface area contributed by atoms with Gasteiger partial charge in [-0.1, -0.05) is 40.0 Å². The van der Waals surface area contributed by atoms with Gasteiger partial charge in [-0.15, -0.1) is 0 Å². The number of carbonyl (C=O) groups is 2. The second kappa shape index (κ2) is 11.1. The molecule has 0 saturated heterocycles. The predicted molar refractivity (Wildman–Crippen MR) is 162 cm³/mol. The molecule has 6 nitrogen and oxygen atoms in total. The number of nitrogens with zero attached hydrogens (tertiary/aromatic N) is 1. The van der Waals surface area contributed by atoms with Gasteiger partial charge >= 0.3 is 0 Å². The van der Waals surface area contributed by atoms with Crippen LogP contribution < -0.4 is 10.1 Å². The second-order valence-electron chi connectivity index (χ2n) is 14.4. The SMILES string of the molecule is Cc1c(C(=O)N[C@H]2CC[C@H](OC=O)CC2)cc(-c2cc(C(C)(C)C)c3c(c2)C2(CCO3)CC2)n1CC1CCCCC1. The summed E-state index contributed by atoms with van der Waals surface area (Å²) < 4.78 is 14.0. The molecule has 3 saturated carbocycles. The van der Waals surface area contributed by atoms with Crippen LogP contribution in [0.25, 0.3) is 11.3 Å². The van der Waals surface area contributed by atoms with E-state index in [1.54, 1.807) is 0 Å². The lowest BCUT2D eigenvalue weighted by atomic mass is 9.79. The van der Waals surface area contributed by atoms with Crippen molar-refractivity contribution in [1.82, 2.24) is 9.88 Å². The van der Waals surface area contributed by atoms with E-state index in [0.29, 0.717) is 12.4 Å². The van der Waals surface area contributed by atoms with E-state index in [-0.39, 0.29) is 28.9 Å². The number of carbonyl (C=O) groups excluding carboxylic acids is 2. The molecule has 2 heterocycles. The smallest absolute Gasteiger partial charge is 0.293 e. The summed E-state index contributed by atoms with van der Waals surface area (Å²) in [4.78, 5) is 24.5. The first-order valence-corrected chi connectivity index (χ1v) is 16.1. The Bertz CT molecular complexity index is 1270. The first-order chi connectivity index (χ1) is 19.7. The Morgan fingerprint density at radius 2 is 1.78 bits per heavy atom. The van der Waals surface area contributed by atoms with Gasteiger partial charge in [-0.25, -0.2) is 0 Å². The minimum Gasteiger partial charge on any atom is -0.493 e. The number of ether oxygens (including phenoxy) is 2. The van der Waals surface area contributed by atoms with E-state index in [4.69, 9.17) is 9.47 Å². The van der Waals surface area contributed by atoms with Crippen LogP contribution in [0.4, 0.5) is 0 Å². The fourth-order valence-electron chi connectivity index (χ4n) is 7.70. The molecule has 1 amide bonds. The van der Waals surface area contributed by atoms with Crippen LogP contribution in [0.15, 0.2) is 18.2 Å². The molecule has 0 atom stereocenters. The number of nitrogens with one attached hydrogen (secondary N) is 1. The highest BCUT2D eigenvalue weighted by Crippen LogP contribution is 2.58. The minimum absolute atomic E-state index is 0.0156. The van der Waals surface area contributed by atoms with Gasteiger partial charge in [-0.05, 0) is 99.8 Å². The van der Waals surface area contributed by atoms with Crippen molar-refractivity contribution in [2.75, 3.05) is 6.61 Å². The fourth-order valence-corrected chi connectivity index (χ4v) is 7.70. The van der Waals surface area contributed by atoms with Crippen LogP contribution in [0, 0.1) is 12.8 Å². The summed E-state index contributed by atoms with van der Waals surface area (Å²) in [5.41, 5.74) is 7.12. The fraction of sp³-hybridized carbons (Fsp3) is 0.657. The van der Waals surface area contributed by atoms with Crippen molar-refractivity contribution in [2.24, 2.45) is 5.92 Å². The molecule has 1 spiro atoms. The normalized spacial score (nSPS) is 23.9. The van der Waals surface area contributed by atoms with E-state index < -0.39 is 0 Å². The highest BCUT2D eigenvalue weighted by molar-refractivity contribution is 5.97. The zero-order valence-electron chi connectivity index (χ0n) is 25.5. The van der Waals surface area contributed by atoms with Crippen LogP contribution in [-0.4, -0.2) is 35.7 Å². The zero-order chi connectivity index (χ0) is 28.8. The number of aromatic nitrogens is 1. The van der Waals surface area contributed by atoms with Gasteiger partial charge in [-0.3, -0.25) is 9.59 Å². The first-order valence-electron chi connectivity index (χ1n) is 16.1. The van der Waals surface area contributed by atoms with Crippen molar-refractivity contribution in [1.29, 1.82) is 0 Å². The van der Waals surface area contributed by atoms with E-state index in [0.717, 1.165) is 68.0 Å². The molecule has 1 aliphatic heterocycles. The maximum absolute atomic E-state index is 13.8. The van der Waals surface area contributed by atoms with Crippen LogP contribution in [0.1, 0.15) is 125 Å². The van der Waals surface area contributed by atoms with Crippen molar-refractivity contribution in [3.8, 4) is 17.0 Å². The summed E-state index contributed by atoms with van der Waals surface area (Å²) in [7, 11) is 0. The van der Waals surface area contributed by atoms with Crippen LogP contribution >= 0.6 is 0 Å². The first kappa shape index (κ1) is 28.4. The summed E-state index contributed by atoms with van der Waals surface area (Å²) in [6.07, 6.45) is 13.3. The Hall–Kier alpha value is -2.76. The molecule has 0 radical (unpaired) electrons. The third-order valence-corrected chi connectivity index (χ3v) is 10.5. The van der Waals surface area contributed by atoms with Crippen LogP contribution in [-0.2, 0) is 26.9 Å². The minimum atomic E-state index is -0.0457. The van der Waals surface area contributed by atoms with Crippen LogP contribution in [0.3, 0.4) is 0 Å². The predicted octanol–water partition coefficient (Wildman–Crippen LogP) is 7.37. The summed E-state index contributed by atoms with van der Waals surface area (Å²) >= 11 is 0. The molecule has 4 aliphatic rings. The Labute approximate surface area is 245 Å². The van der Waals surface area contributed by atoms with Gasteiger partial charge < -0.3 is 19.4 Å². The van der Waals surface area contributed by atoms with Crippen molar-refractivity contribution in [3.63, 3.8) is 0 Å². The quantitative estimate of drug-likeness (QED) is 0.359. The van der Waals surface area contributed by atoms with Gasteiger partial charge in [-0.2, -0.15) is 0 Å².